The number of aryl methyl sites for hydroxylation is 1. The summed E-state index contributed by atoms with van der Waals surface area (Å²) in [6.45, 7) is 0. The van der Waals surface area contributed by atoms with Crippen molar-refractivity contribution in [3.63, 3.8) is 0 Å². The van der Waals surface area contributed by atoms with Crippen LogP contribution in [0.1, 0.15) is 29.3 Å². The minimum Gasteiger partial charge on any atom is -0.240 e. The summed E-state index contributed by atoms with van der Waals surface area (Å²) in [5.41, 5.74) is 2.39. The van der Waals surface area contributed by atoms with Crippen LogP contribution in [0.3, 0.4) is 0 Å². The van der Waals surface area contributed by atoms with Gasteiger partial charge in [0.15, 0.2) is 0 Å². The van der Waals surface area contributed by atoms with Crippen molar-refractivity contribution in [1.82, 2.24) is 4.98 Å². The molecule has 1 heterocycles. The van der Waals surface area contributed by atoms with E-state index in [1.807, 2.05) is 6.07 Å². The Labute approximate surface area is 82.6 Å². The number of hydrogen-bond donors (Lipinski definition) is 1. The molecule has 0 N–H and O–H groups in total. The van der Waals surface area contributed by atoms with Gasteiger partial charge in [-0.2, -0.15) is 12.6 Å². The van der Waals surface area contributed by atoms with Crippen LogP contribution in [0.5, 0.6) is 0 Å². The average molecular weight is 200 g/mol. The molecule has 0 aromatic carbocycles. The van der Waals surface area contributed by atoms with Crippen LogP contribution in [0.4, 0.5) is 0 Å². The second kappa shape index (κ2) is 3.27. The van der Waals surface area contributed by atoms with Crippen molar-refractivity contribution in [3.8, 4) is 0 Å². The Hall–Kier alpha value is -0.210. The summed E-state index contributed by atoms with van der Waals surface area (Å²) in [5.74, 6) is 0. The van der Waals surface area contributed by atoms with Crippen molar-refractivity contribution >= 4 is 24.2 Å². The highest BCUT2D eigenvalue weighted by Crippen LogP contribution is 2.33. The molecule has 1 atom stereocenters. The number of aromatic nitrogens is 1. The normalized spacial score (nSPS) is 22.0. The lowest BCUT2D eigenvalue weighted by Gasteiger charge is -2.19. The van der Waals surface area contributed by atoms with Gasteiger partial charge < -0.3 is 0 Å². The molecule has 1 aliphatic rings. The van der Waals surface area contributed by atoms with E-state index in [-0.39, 0.29) is 5.25 Å². The summed E-state index contributed by atoms with van der Waals surface area (Å²) in [7, 11) is 0. The number of thiol groups is 1. The van der Waals surface area contributed by atoms with Crippen LogP contribution in [0, 0.1) is 0 Å². The van der Waals surface area contributed by atoms with Crippen LogP contribution in [-0.2, 0) is 6.42 Å². The summed E-state index contributed by atoms with van der Waals surface area (Å²) in [6, 6.07) is 3.92. The summed E-state index contributed by atoms with van der Waals surface area (Å²) < 4.78 is 0. The van der Waals surface area contributed by atoms with Gasteiger partial charge in [-0.25, -0.2) is 4.98 Å². The van der Waals surface area contributed by atoms with Crippen LogP contribution in [0.25, 0.3) is 0 Å². The second-order valence-corrected chi connectivity index (χ2v) is 4.10. The lowest BCUT2D eigenvalue weighted by Crippen LogP contribution is -2.07. The Morgan fingerprint density at radius 1 is 1.50 bits per heavy atom. The molecular formula is C9H10ClNS. The van der Waals surface area contributed by atoms with E-state index in [9.17, 15) is 0 Å². The topological polar surface area (TPSA) is 12.9 Å². The first-order valence-electron chi connectivity index (χ1n) is 4.11. The van der Waals surface area contributed by atoms with Gasteiger partial charge in [0.2, 0.25) is 0 Å². The van der Waals surface area contributed by atoms with E-state index in [1.165, 1.54) is 12.0 Å². The van der Waals surface area contributed by atoms with Crippen molar-refractivity contribution in [2.45, 2.75) is 24.5 Å². The van der Waals surface area contributed by atoms with E-state index >= 15 is 0 Å². The highest BCUT2D eigenvalue weighted by atomic mass is 35.5. The molecule has 3 heteroatoms. The third kappa shape index (κ3) is 1.46. The number of rotatable bonds is 0. The molecule has 0 saturated heterocycles. The molecule has 0 amide bonds. The highest BCUT2D eigenvalue weighted by molar-refractivity contribution is 7.80. The Balaban J connectivity index is 2.47. The summed E-state index contributed by atoms with van der Waals surface area (Å²) in [4.78, 5) is 4.28. The molecule has 12 heavy (non-hydrogen) atoms. The first-order chi connectivity index (χ1) is 5.77. The maximum Gasteiger partial charge on any atom is 0.129 e. The molecule has 2 rings (SSSR count). The van der Waals surface area contributed by atoms with Gasteiger partial charge in [0.25, 0.3) is 0 Å². The number of hydrogen-bond acceptors (Lipinski definition) is 2. The van der Waals surface area contributed by atoms with Crippen LogP contribution in [0.2, 0.25) is 5.15 Å². The molecule has 0 fully saturated rings. The quantitative estimate of drug-likeness (QED) is 0.501. The zero-order valence-corrected chi connectivity index (χ0v) is 8.28. The molecule has 0 aliphatic heterocycles. The van der Waals surface area contributed by atoms with Gasteiger partial charge in [-0.15, -0.1) is 0 Å². The predicted molar refractivity (Wildman–Crippen MR) is 53.9 cm³/mol. The number of nitrogens with zero attached hydrogens (tertiary/aromatic N) is 1. The maximum atomic E-state index is 5.80. The van der Waals surface area contributed by atoms with Gasteiger partial charge in [-0.3, -0.25) is 0 Å². The first kappa shape index (κ1) is 8.39. The van der Waals surface area contributed by atoms with E-state index in [0.29, 0.717) is 5.15 Å². The van der Waals surface area contributed by atoms with Crippen LogP contribution in [-0.4, -0.2) is 4.98 Å². The van der Waals surface area contributed by atoms with E-state index in [1.54, 1.807) is 0 Å². The monoisotopic (exact) mass is 199 g/mol. The molecule has 1 unspecified atom stereocenters. The van der Waals surface area contributed by atoms with Crippen molar-refractivity contribution in [1.29, 1.82) is 0 Å². The summed E-state index contributed by atoms with van der Waals surface area (Å²) >= 11 is 10.3. The summed E-state index contributed by atoms with van der Waals surface area (Å²) in [5, 5.41) is 0.863. The molecule has 1 nitrogen and oxygen atoms in total. The molecule has 1 aliphatic carbocycles. The fourth-order valence-corrected chi connectivity index (χ4v) is 2.16. The maximum absolute atomic E-state index is 5.80. The largest absolute Gasteiger partial charge is 0.240 e. The lowest BCUT2D eigenvalue weighted by molar-refractivity contribution is 0.659. The predicted octanol–water partition coefficient (Wildman–Crippen LogP) is 3.04. The fraction of sp³-hybridized carbons (Fsp3) is 0.444. The lowest BCUT2D eigenvalue weighted by atomic mass is 9.96. The minimum absolute atomic E-state index is 0.285. The second-order valence-electron chi connectivity index (χ2n) is 3.09. The Kier molecular flexibility index (Phi) is 2.28. The Morgan fingerprint density at radius 3 is 3.17 bits per heavy atom. The standard InChI is InChI=1S/C9H10ClNS/c10-8-5-4-6-2-1-3-7(12)9(6)11-8/h4-5,7,12H,1-3H2. The minimum atomic E-state index is 0.285. The van der Waals surface area contributed by atoms with Gasteiger partial charge in [0, 0.05) is 5.25 Å². The van der Waals surface area contributed by atoms with Crippen LogP contribution < -0.4 is 0 Å². The molecular weight excluding hydrogens is 190 g/mol. The van der Waals surface area contributed by atoms with Gasteiger partial charge in [0.1, 0.15) is 5.15 Å². The molecule has 0 bridgehead atoms. The van der Waals surface area contributed by atoms with Gasteiger partial charge in [-0.1, -0.05) is 17.7 Å². The molecule has 0 saturated carbocycles. The van der Waals surface area contributed by atoms with Crippen LogP contribution in [0.15, 0.2) is 12.1 Å². The molecule has 64 valence electrons. The number of fused-ring (bicyclic) bond motifs is 1. The third-order valence-electron chi connectivity index (χ3n) is 2.22. The van der Waals surface area contributed by atoms with Gasteiger partial charge in [-0.05, 0) is 30.9 Å². The molecule has 0 radical (unpaired) electrons. The van der Waals surface area contributed by atoms with Gasteiger partial charge in [0.05, 0.1) is 5.69 Å². The first-order valence-corrected chi connectivity index (χ1v) is 5.00. The van der Waals surface area contributed by atoms with Crippen LogP contribution >= 0.6 is 24.2 Å². The third-order valence-corrected chi connectivity index (χ3v) is 2.93. The SMILES string of the molecule is SC1CCCc2ccc(Cl)nc21. The van der Waals surface area contributed by atoms with Gasteiger partial charge >= 0.3 is 0 Å². The Bertz CT molecular complexity index is 301. The number of pyridine rings is 1. The summed E-state index contributed by atoms with van der Waals surface area (Å²) in [6.07, 6.45) is 3.45. The van der Waals surface area contributed by atoms with E-state index in [4.69, 9.17) is 11.6 Å². The van der Waals surface area contributed by atoms with Crippen molar-refractivity contribution in [2.75, 3.05) is 0 Å². The molecule has 1 aromatic heterocycles. The molecule has 0 spiro atoms. The zero-order valence-electron chi connectivity index (χ0n) is 6.63. The fourth-order valence-electron chi connectivity index (χ4n) is 1.60. The molecule has 1 aromatic rings. The van der Waals surface area contributed by atoms with Crippen molar-refractivity contribution in [3.05, 3.63) is 28.5 Å². The Morgan fingerprint density at radius 2 is 2.33 bits per heavy atom. The van der Waals surface area contributed by atoms with E-state index in [0.717, 1.165) is 18.5 Å². The number of halogens is 1. The van der Waals surface area contributed by atoms with E-state index < -0.39 is 0 Å². The average Bonchev–Trinajstić information content (AvgIpc) is 2.07. The zero-order chi connectivity index (χ0) is 8.55. The van der Waals surface area contributed by atoms with Crippen molar-refractivity contribution in [2.24, 2.45) is 0 Å². The van der Waals surface area contributed by atoms with E-state index in [2.05, 4.69) is 23.7 Å². The highest BCUT2D eigenvalue weighted by Gasteiger charge is 2.18. The van der Waals surface area contributed by atoms with Crippen molar-refractivity contribution < 1.29 is 0 Å². The smallest absolute Gasteiger partial charge is 0.129 e.